The number of rotatable bonds is 3. The molecule has 0 heterocycles. The van der Waals surface area contributed by atoms with E-state index in [1.54, 1.807) is 0 Å². The summed E-state index contributed by atoms with van der Waals surface area (Å²) in [6.07, 6.45) is 5.79. The third kappa shape index (κ3) is 2.42. The Bertz CT molecular complexity index is 284. The van der Waals surface area contributed by atoms with Crippen LogP contribution in [0.5, 0.6) is 0 Å². The molecule has 84 valence electrons. The molecule has 15 heavy (non-hydrogen) atoms. The molecular weight excluding hydrogens is 180 g/mol. The first-order chi connectivity index (χ1) is 6.90. The van der Waals surface area contributed by atoms with Gasteiger partial charge in [0.25, 0.3) is 0 Å². The van der Waals surface area contributed by atoms with Crippen molar-refractivity contribution in [2.24, 2.45) is 17.3 Å². The van der Waals surface area contributed by atoms with Gasteiger partial charge in [-0.2, -0.15) is 0 Å². The quantitative estimate of drug-likeness (QED) is 0.582. The van der Waals surface area contributed by atoms with E-state index in [1.165, 1.54) is 30.4 Å². The SMILES string of the molecule is C=C[C@]1(C)CCC(C(=C)C)CC1C(=C)C. The van der Waals surface area contributed by atoms with Crippen LogP contribution >= 0.6 is 0 Å². The largest absolute Gasteiger partial charge is 0.103 e. The second kappa shape index (κ2) is 4.38. The maximum Gasteiger partial charge on any atom is -0.00836 e. The van der Waals surface area contributed by atoms with Gasteiger partial charge in [-0.25, -0.2) is 0 Å². The molecule has 3 atom stereocenters. The van der Waals surface area contributed by atoms with Gasteiger partial charge in [0.15, 0.2) is 0 Å². The summed E-state index contributed by atoms with van der Waals surface area (Å²) in [5.74, 6) is 1.25. The Kier molecular flexibility index (Phi) is 3.59. The van der Waals surface area contributed by atoms with Crippen molar-refractivity contribution in [2.45, 2.75) is 40.0 Å². The van der Waals surface area contributed by atoms with Gasteiger partial charge in [-0.1, -0.05) is 37.3 Å². The molecule has 0 heteroatoms. The van der Waals surface area contributed by atoms with Gasteiger partial charge in [0.05, 0.1) is 0 Å². The number of hydrogen-bond donors (Lipinski definition) is 0. The van der Waals surface area contributed by atoms with Crippen LogP contribution in [0.4, 0.5) is 0 Å². The van der Waals surface area contributed by atoms with Gasteiger partial charge in [0, 0.05) is 0 Å². The first-order valence-corrected chi connectivity index (χ1v) is 5.85. The average molecular weight is 204 g/mol. The van der Waals surface area contributed by atoms with Crippen molar-refractivity contribution >= 4 is 0 Å². The van der Waals surface area contributed by atoms with E-state index >= 15 is 0 Å². The molecule has 0 aromatic rings. The first-order valence-electron chi connectivity index (χ1n) is 5.85. The molecule has 0 amide bonds. The first kappa shape index (κ1) is 12.3. The maximum atomic E-state index is 4.14. The zero-order valence-electron chi connectivity index (χ0n) is 10.5. The van der Waals surface area contributed by atoms with Crippen molar-refractivity contribution < 1.29 is 0 Å². The fourth-order valence-corrected chi connectivity index (χ4v) is 2.79. The van der Waals surface area contributed by atoms with Crippen LogP contribution in [0.2, 0.25) is 0 Å². The van der Waals surface area contributed by atoms with Crippen LogP contribution < -0.4 is 0 Å². The third-order valence-corrected chi connectivity index (χ3v) is 4.11. The summed E-state index contributed by atoms with van der Waals surface area (Å²) in [7, 11) is 0. The zero-order chi connectivity index (χ0) is 11.6. The molecule has 0 aromatic heterocycles. The van der Waals surface area contributed by atoms with Crippen molar-refractivity contribution in [1.82, 2.24) is 0 Å². The molecule has 0 nitrogen and oxygen atoms in total. The van der Waals surface area contributed by atoms with Gasteiger partial charge in [-0.3, -0.25) is 0 Å². The highest BCUT2D eigenvalue weighted by Crippen LogP contribution is 2.48. The van der Waals surface area contributed by atoms with E-state index < -0.39 is 0 Å². The Morgan fingerprint density at radius 3 is 2.27 bits per heavy atom. The van der Waals surface area contributed by atoms with Gasteiger partial charge in [0.1, 0.15) is 0 Å². The van der Waals surface area contributed by atoms with Crippen LogP contribution in [-0.4, -0.2) is 0 Å². The van der Waals surface area contributed by atoms with Crippen LogP contribution in [0, 0.1) is 17.3 Å². The summed E-state index contributed by atoms with van der Waals surface area (Å²) in [4.78, 5) is 0. The average Bonchev–Trinajstić information content (AvgIpc) is 2.17. The molecule has 0 aromatic carbocycles. The lowest BCUT2D eigenvalue weighted by Gasteiger charge is -2.43. The maximum absolute atomic E-state index is 4.14. The van der Waals surface area contributed by atoms with E-state index in [2.05, 4.69) is 46.6 Å². The van der Waals surface area contributed by atoms with Gasteiger partial charge in [-0.15, -0.1) is 6.58 Å². The topological polar surface area (TPSA) is 0 Å². The summed E-state index contributed by atoms with van der Waals surface area (Å²) in [5.41, 5.74) is 2.87. The van der Waals surface area contributed by atoms with Crippen molar-refractivity contribution in [3.8, 4) is 0 Å². The molecule has 0 spiro atoms. The lowest BCUT2D eigenvalue weighted by Crippen LogP contribution is -2.33. The summed E-state index contributed by atoms with van der Waals surface area (Å²) in [6, 6.07) is 0. The minimum absolute atomic E-state index is 0.248. The monoisotopic (exact) mass is 204 g/mol. The normalized spacial score (nSPS) is 35.9. The molecule has 0 saturated heterocycles. The van der Waals surface area contributed by atoms with E-state index in [-0.39, 0.29) is 5.41 Å². The van der Waals surface area contributed by atoms with Crippen LogP contribution in [0.15, 0.2) is 37.0 Å². The summed E-state index contributed by atoms with van der Waals surface area (Å²) >= 11 is 0. The summed E-state index contributed by atoms with van der Waals surface area (Å²) in [5, 5.41) is 0. The van der Waals surface area contributed by atoms with E-state index in [4.69, 9.17) is 0 Å². The number of hydrogen-bond acceptors (Lipinski definition) is 0. The standard InChI is InChI=1S/C15H24/c1-7-15(6)9-8-13(11(2)3)10-14(15)12(4)5/h7,13-14H,1-2,4,8-10H2,3,5-6H3/t13?,14?,15-/m1/s1. The Balaban J connectivity index is 2.88. The minimum Gasteiger partial charge on any atom is -0.103 e. The van der Waals surface area contributed by atoms with Crippen molar-refractivity contribution in [3.63, 3.8) is 0 Å². The van der Waals surface area contributed by atoms with Gasteiger partial charge < -0.3 is 0 Å². The van der Waals surface area contributed by atoms with E-state index in [0.717, 1.165) is 0 Å². The zero-order valence-corrected chi connectivity index (χ0v) is 10.5. The van der Waals surface area contributed by atoms with Gasteiger partial charge in [-0.05, 0) is 50.4 Å². The number of allylic oxidation sites excluding steroid dienone is 3. The molecule has 0 radical (unpaired) electrons. The smallest absolute Gasteiger partial charge is 0.00836 e. The molecule has 2 unspecified atom stereocenters. The molecule has 1 rings (SSSR count). The Morgan fingerprint density at radius 2 is 1.87 bits per heavy atom. The predicted octanol–water partition coefficient (Wildman–Crippen LogP) is 4.75. The highest BCUT2D eigenvalue weighted by molar-refractivity contribution is 5.15. The molecule has 0 N–H and O–H groups in total. The summed E-state index contributed by atoms with van der Waals surface area (Å²) < 4.78 is 0. The van der Waals surface area contributed by atoms with E-state index in [1.807, 2.05) is 0 Å². The molecule has 1 saturated carbocycles. The van der Waals surface area contributed by atoms with E-state index in [0.29, 0.717) is 11.8 Å². The summed E-state index contributed by atoms with van der Waals surface area (Å²) in [6.45, 7) is 18.8. The van der Waals surface area contributed by atoms with Crippen molar-refractivity contribution in [2.75, 3.05) is 0 Å². The molecule has 0 aliphatic heterocycles. The Labute approximate surface area is 94.8 Å². The van der Waals surface area contributed by atoms with Crippen molar-refractivity contribution in [1.29, 1.82) is 0 Å². The van der Waals surface area contributed by atoms with Gasteiger partial charge >= 0.3 is 0 Å². The highest BCUT2D eigenvalue weighted by atomic mass is 14.4. The second-order valence-corrected chi connectivity index (χ2v) is 5.43. The van der Waals surface area contributed by atoms with Crippen LogP contribution in [0.1, 0.15) is 40.0 Å². The van der Waals surface area contributed by atoms with Crippen molar-refractivity contribution in [3.05, 3.63) is 37.0 Å². The Hall–Kier alpha value is -0.780. The molecule has 1 fully saturated rings. The second-order valence-electron chi connectivity index (χ2n) is 5.43. The van der Waals surface area contributed by atoms with Crippen LogP contribution in [-0.2, 0) is 0 Å². The predicted molar refractivity (Wildman–Crippen MR) is 68.8 cm³/mol. The van der Waals surface area contributed by atoms with Crippen LogP contribution in [0.3, 0.4) is 0 Å². The fraction of sp³-hybridized carbons (Fsp3) is 0.600. The van der Waals surface area contributed by atoms with E-state index in [9.17, 15) is 0 Å². The molecule has 1 aliphatic rings. The van der Waals surface area contributed by atoms with Gasteiger partial charge in [0.2, 0.25) is 0 Å². The molecule has 0 bridgehead atoms. The molecular formula is C15H24. The lowest BCUT2D eigenvalue weighted by molar-refractivity contribution is 0.170. The Morgan fingerprint density at radius 1 is 1.27 bits per heavy atom. The highest BCUT2D eigenvalue weighted by Gasteiger charge is 2.38. The lowest BCUT2D eigenvalue weighted by atomic mass is 9.61. The fourth-order valence-electron chi connectivity index (χ4n) is 2.79. The molecule has 1 aliphatic carbocycles. The van der Waals surface area contributed by atoms with Crippen LogP contribution in [0.25, 0.3) is 0 Å². The minimum atomic E-state index is 0.248. The third-order valence-electron chi connectivity index (χ3n) is 4.11.